The molecule has 0 saturated carbocycles. The van der Waals surface area contributed by atoms with Gasteiger partial charge in [0.05, 0.1) is 18.8 Å². The van der Waals surface area contributed by atoms with Gasteiger partial charge in [-0.1, -0.05) is 13.8 Å². The van der Waals surface area contributed by atoms with E-state index in [4.69, 9.17) is 4.74 Å². The van der Waals surface area contributed by atoms with Crippen molar-refractivity contribution >= 4 is 28.3 Å². The van der Waals surface area contributed by atoms with E-state index in [1.165, 1.54) is 11.3 Å². The van der Waals surface area contributed by atoms with E-state index in [0.717, 1.165) is 23.4 Å². The van der Waals surface area contributed by atoms with Crippen molar-refractivity contribution in [2.45, 2.75) is 33.6 Å². The van der Waals surface area contributed by atoms with Gasteiger partial charge in [-0.3, -0.25) is 9.59 Å². The molecule has 0 unspecified atom stereocenters. The molecule has 2 aromatic rings. The molecule has 2 amide bonds. The summed E-state index contributed by atoms with van der Waals surface area (Å²) < 4.78 is 5.42. The monoisotopic (exact) mass is 375 g/mol. The molecular weight excluding hydrogens is 350 g/mol. The van der Waals surface area contributed by atoms with Gasteiger partial charge in [0.2, 0.25) is 11.8 Å². The molecule has 0 atom stereocenters. The first-order chi connectivity index (χ1) is 12.5. The summed E-state index contributed by atoms with van der Waals surface area (Å²) in [5, 5.41) is 7.73. The number of hydrogen-bond donors (Lipinski definition) is 2. The van der Waals surface area contributed by atoms with Gasteiger partial charge in [-0.05, 0) is 43.5 Å². The van der Waals surface area contributed by atoms with Crippen molar-refractivity contribution in [3.63, 3.8) is 0 Å². The second-order valence-electron chi connectivity index (χ2n) is 6.25. The molecule has 6 nitrogen and oxygen atoms in total. The zero-order chi connectivity index (χ0) is 18.9. The summed E-state index contributed by atoms with van der Waals surface area (Å²) in [6.07, 6.45) is 1.25. The fourth-order valence-electron chi connectivity index (χ4n) is 2.20. The standard InChI is InChI=1S/C19H25N3O3S/c1-4-25-15-8-6-14(7-9-15)16-12-26-19(21-16)22-18(24)11-20-17(23)10-5-13(2)3/h6-9,12-13H,4-5,10-11H2,1-3H3,(H,20,23)(H,21,22,24). The van der Waals surface area contributed by atoms with Crippen molar-refractivity contribution in [2.24, 2.45) is 5.92 Å². The fourth-order valence-corrected chi connectivity index (χ4v) is 2.94. The highest BCUT2D eigenvalue weighted by Crippen LogP contribution is 2.26. The Hall–Kier alpha value is -2.41. The molecular formula is C19H25N3O3S. The summed E-state index contributed by atoms with van der Waals surface area (Å²) in [6.45, 7) is 6.64. The largest absolute Gasteiger partial charge is 0.494 e. The Labute approximate surface area is 158 Å². The molecule has 0 aliphatic heterocycles. The molecule has 1 aromatic heterocycles. The number of ether oxygens (including phenoxy) is 1. The predicted octanol–water partition coefficient (Wildman–Crippen LogP) is 3.70. The zero-order valence-corrected chi connectivity index (χ0v) is 16.2. The molecule has 1 heterocycles. The number of carbonyl (C=O) groups is 2. The lowest BCUT2D eigenvalue weighted by Crippen LogP contribution is -2.32. The summed E-state index contributed by atoms with van der Waals surface area (Å²) in [5.74, 6) is 0.887. The second-order valence-corrected chi connectivity index (χ2v) is 7.11. The fraction of sp³-hybridized carbons (Fsp3) is 0.421. The molecule has 26 heavy (non-hydrogen) atoms. The molecule has 7 heteroatoms. The Morgan fingerprint density at radius 3 is 2.58 bits per heavy atom. The minimum atomic E-state index is -0.282. The Balaban J connectivity index is 1.83. The number of thiazole rings is 1. The van der Waals surface area contributed by atoms with Crippen molar-refractivity contribution in [1.29, 1.82) is 0 Å². The van der Waals surface area contributed by atoms with Gasteiger partial charge < -0.3 is 15.4 Å². The highest BCUT2D eigenvalue weighted by atomic mass is 32.1. The van der Waals surface area contributed by atoms with Gasteiger partial charge in [-0.15, -0.1) is 11.3 Å². The Bertz CT molecular complexity index is 726. The number of anilines is 1. The summed E-state index contributed by atoms with van der Waals surface area (Å²) in [5.41, 5.74) is 1.74. The zero-order valence-electron chi connectivity index (χ0n) is 15.4. The number of carbonyl (C=O) groups excluding carboxylic acids is 2. The normalized spacial score (nSPS) is 10.6. The Morgan fingerprint density at radius 1 is 1.19 bits per heavy atom. The van der Waals surface area contributed by atoms with Gasteiger partial charge in [-0.2, -0.15) is 0 Å². The van der Waals surface area contributed by atoms with Crippen LogP contribution < -0.4 is 15.4 Å². The SMILES string of the molecule is CCOc1ccc(-c2csc(NC(=O)CNC(=O)CCC(C)C)n2)cc1. The number of nitrogens with one attached hydrogen (secondary N) is 2. The highest BCUT2D eigenvalue weighted by molar-refractivity contribution is 7.14. The van der Waals surface area contributed by atoms with Crippen LogP contribution in [0.15, 0.2) is 29.6 Å². The number of amides is 2. The van der Waals surface area contributed by atoms with Crippen LogP contribution in [0.2, 0.25) is 0 Å². The van der Waals surface area contributed by atoms with E-state index < -0.39 is 0 Å². The Kier molecular flexibility index (Phi) is 7.59. The van der Waals surface area contributed by atoms with E-state index in [1.807, 2.05) is 36.6 Å². The second kappa shape index (κ2) is 9.91. The van der Waals surface area contributed by atoms with Crippen LogP contribution in [0.3, 0.4) is 0 Å². The average molecular weight is 375 g/mol. The lowest BCUT2D eigenvalue weighted by molar-refractivity contribution is -0.124. The summed E-state index contributed by atoms with van der Waals surface area (Å²) in [7, 11) is 0. The van der Waals surface area contributed by atoms with Gasteiger partial charge in [0.15, 0.2) is 5.13 Å². The van der Waals surface area contributed by atoms with Gasteiger partial charge >= 0.3 is 0 Å². The van der Waals surface area contributed by atoms with Crippen LogP contribution in [0.5, 0.6) is 5.75 Å². The lowest BCUT2D eigenvalue weighted by Gasteiger charge is -2.06. The Morgan fingerprint density at radius 2 is 1.92 bits per heavy atom. The quantitative estimate of drug-likeness (QED) is 0.700. The van der Waals surface area contributed by atoms with Crippen LogP contribution in [0.25, 0.3) is 11.3 Å². The maximum absolute atomic E-state index is 11.9. The first kappa shape index (κ1) is 19.9. The van der Waals surface area contributed by atoms with Crippen molar-refractivity contribution < 1.29 is 14.3 Å². The highest BCUT2D eigenvalue weighted by Gasteiger charge is 2.10. The summed E-state index contributed by atoms with van der Waals surface area (Å²) in [4.78, 5) is 28.0. The molecule has 0 aliphatic carbocycles. The molecule has 0 bridgehead atoms. The van der Waals surface area contributed by atoms with E-state index in [9.17, 15) is 9.59 Å². The van der Waals surface area contributed by atoms with Crippen LogP contribution in [-0.2, 0) is 9.59 Å². The minimum absolute atomic E-state index is 0.0467. The van der Waals surface area contributed by atoms with E-state index in [0.29, 0.717) is 24.1 Å². The summed E-state index contributed by atoms with van der Waals surface area (Å²) >= 11 is 1.35. The number of nitrogens with zero attached hydrogens (tertiary/aromatic N) is 1. The molecule has 0 saturated heterocycles. The molecule has 0 radical (unpaired) electrons. The average Bonchev–Trinajstić information content (AvgIpc) is 3.07. The molecule has 0 aliphatic rings. The minimum Gasteiger partial charge on any atom is -0.494 e. The van der Waals surface area contributed by atoms with E-state index in [2.05, 4.69) is 29.5 Å². The third kappa shape index (κ3) is 6.48. The molecule has 1 aromatic carbocycles. The van der Waals surface area contributed by atoms with Gasteiger partial charge in [0.1, 0.15) is 5.75 Å². The smallest absolute Gasteiger partial charge is 0.245 e. The van der Waals surface area contributed by atoms with Crippen molar-refractivity contribution in [2.75, 3.05) is 18.5 Å². The molecule has 2 N–H and O–H groups in total. The van der Waals surface area contributed by atoms with Crippen LogP contribution in [0.4, 0.5) is 5.13 Å². The van der Waals surface area contributed by atoms with E-state index in [-0.39, 0.29) is 18.4 Å². The van der Waals surface area contributed by atoms with Crippen molar-refractivity contribution in [3.05, 3.63) is 29.6 Å². The first-order valence-electron chi connectivity index (χ1n) is 8.73. The maximum Gasteiger partial charge on any atom is 0.245 e. The summed E-state index contributed by atoms with van der Waals surface area (Å²) in [6, 6.07) is 7.65. The maximum atomic E-state index is 11.9. The number of aromatic nitrogens is 1. The van der Waals surface area contributed by atoms with Crippen LogP contribution in [0, 0.1) is 5.92 Å². The van der Waals surface area contributed by atoms with E-state index >= 15 is 0 Å². The van der Waals surface area contributed by atoms with Crippen LogP contribution in [-0.4, -0.2) is 29.9 Å². The molecule has 140 valence electrons. The van der Waals surface area contributed by atoms with Gasteiger partial charge in [0, 0.05) is 17.4 Å². The van der Waals surface area contributed by atoms with Gasteiger partial charge in [0.25, 0.3) is 0 Å². The first-order valence-corrected chi connectivity index (χ1v) is 9.61. The predicted molar refractivity (Wildman–Crippen MR) is 104 cm³/mol. The third-order valence-corrected chi connectivity index (χ3v) is 4.36. The number of rotatable bonds is 9. The van der Waals surface area contributed by atoms with Crippen LogP contribution in [0.1, 0.15) is 33.6 Å². The van der Waals surface area contributed by atoms with Crippen LogP contribution >= 0.6 is 11.3 Å². The van der Waals surface area contributed by atoms with Crippen molar-refractivity contribution in [3.8, 4) is 17.0 Å². The number of benzene rings is 1. The lowest BCUT2D eigenvalue weighted by atomic mass is 10.1. The van der Waals surface area contributed by atoms with E-state index in [1.54, 1.807) is 0 Å². The third-order valence-electron chi connectivity index (χ3n) is 3.61. The van der Waals surface area contributed by atoms with Crippen molar-refractivity contribution in [1.82, 2.24) is 10.3 Å². The van der Waals surface area contributed by atoms with Gasteiger partial charge in [-0.25, -0.2) is 4.98 Å². The molecule has 2 rings (SSSR count). The molecule has 0 fully saturated rings. The topological polar surface area (TPSA) is 80.3 Å². The number of hydrogen-bond acceptors (Lipinski definition) is 5. The molecule has 0 spiro atoms.